The minimum Gasteiger partial charge on any atom is -0.571 e. The van der Waals surface area contributed by atoms with Crippen molar-refractivity contribution in [2.45, 2.75) is 38.0 Å². The SMILES string of the molecule is O=C1c2ccccc2C(=O)c2c1n[n+]([O-])n2CCCc1ccc(N2CCC3(CC2)OCCO3)cc1. The molecule has 0 atom stereocenters. The summed E-state index contributed by atoms with van der Waals surface area (Å²) in [7, 11) is 0. The molecule has 9 heteroatoms. The summed E-state index contributed by atoms with van der Waals surface area (Å²) < 4.78 is 12.9. The molecule has 3 aliphatic rings. The number of rotatable bonds is 5. The van der Waals surface area contributed by atoms with Gasteiger partial charge in [0.15, 0.2) is 11.5 Å². The van der Waals surface area contributed by atoms with Crippen molar-refractivity contribution in [2.24, 2.45) is 0 Å². The van der Waals surface area contributed by atoms with Crippen molar-refractivity contribution < 1.29 is 24.0 Å². The number of hydrogen-bond donors (Lipinski definition) is 0. The van der Waals surface area contributed by atoms with Crippen LogP contribution in [0.1, 0.15) is 56.9 Å². The number of fused-ring (bicyclic) bond motifs is 2. The van der Waals surface area contributed by atoms with E-state index in [9.17, 15) is 14.8 Å². The van der Waals surface area contributed by atoms with Gasteiger partial charge in [0.2, 0.25) is 17.3 Å². The van der Waals surface area contributed by atoms with E-state index in [1.54, 1.807) is 24.3 Å². The lowest BCUT2D eigenvalue weighted by molar-refractivity contribution is -0.749. The predicted molar refractivity (Wildman–Crippen MR) is 125 cm³/mol. The van der Waals surface area contributed by atoms with Gasteiger partial charge in [0.1, 0.15) is 0 Å². The summed E-state index contributed by atoms with van der Waals surface area (Å²) in [6, 6.07) is 15.1. The quantitative estimate of drug-likeness (QED) is 0.323. The summed E-state index contributed by atoms with van der Waals surface area (Å²) >= 11 is 0. The van der Waals surface area contributed by atoms with E-state index in [0.29, 0.717) is 42.3 Å². The Hall–Kier alpha value is -3.56. The third-order valence-corrected chi connectivity index (χ3v) is 7.20. The van der Waals surface area contributed by atoms with Crippen molar-refractivity contribution >= 4 is 17.3 Å². The van der Waals surface area contributed by atoms with Gasteiger partial charge in [-0.1, -0.05) is 36.4 Å². The molecule has 0 saturated carbocycles. The van der Waals surface area contributed by atoms with E-state index in [1.165, 1.54) is 10.4 Å². The second-order valence-electron chi connectivity index (χ2n) is 9.24. The number of nitrogens with zero attached hydrogens (tertiary/aromatic N) is 4. The Labute approximate surface area is 202 Å². The van der Waals surface area contributed by atoms with Gasteiger partial charge in [0, 0.05) is 52.8 Å². The van der Waals surface area contributed by atoms with Gasteiger partial charge in [0.05, 0.1) is 19.8 Å². The number of piperidine rings is 1. The molecule has 2 fully saturated rings. The second kappa shape index (κ2) is 8.58. The Bertz CT molecular complexity index is 1280. The normalized spacial score (nSPS) is 18.7. The molecular weight excluding hydrogens is 448 g/mol. The maximum atomic E-state index is 13.0. The summed E-state index contributed by atoms with van der Waals surface area (Å²) in [5, 5.41) is 16.3. The second-order valence-corrected chi connectivity index (χ2v) is 9.24. The van der Waals surface area contributed by atoms with Crippen LogP contribution in [0.3, 0.4) is 0 Å². The van der Waals surface area contributed by atoms with Crippen molar-refractivity contribution in [2.75, 3.05) is 31.2 Å². The zero-order valence-corrected chi connectivity index (χ0v) is 19.3. The Morgan fingerprint density at radius 3 is 2.29 bits per heavy atom. The average molecular weight is 475 g/mol. The van der Waals surface area contributed by atoms with Gasteiger partial charge in [-0.15, -0.1) is 4.68 Å². The monoisotopic (exact) mass is 474 g/mol. The topological polar surface area (TPSA) is 101 Å². The lowest BCUT2D eigenvalue weighted by Gasteiger charge is -2.38. The van der Waals surface area contributed by atoms with Crippen molar-refractivity contribution in [3.05, 3.63) is 81.8 Å². The largest absolute Gasteiger partial charge is 0.571 e. The van der Waals surface area contributed by atoms with Crippen molar-refractivity contribution in [3.8, 4) is 0 Å². The molecule has 3 aromatic rings. The van der Waals surface area contributed by atoms with Crippen molar-refractivity contribution in [3.63, 3.8) is 0 Å². The summed E-state index contributed by atoms with van der Waals surface area (Å²) in [5.41, 5.74) is 2.94. The number of benzene rings is 2. The predicted octanol–water partition coefficient (Wildman–Crippen LogP) is 2.27. The summed E-state index contributed by atoms with van der Waals surface area (Å²) in [5.74, 6) is -1.10. The highest BCUT2D eigenvalue weighted by atomic mass is 16.7. The van der Waals surface area contributed by atoms with Crippen LogP contribution in [-0.2, 0) is 22.4 Å². The zero-order valence-electron chi connectivity index (χ0n) is 19.3. The molecule has 1 spiro atoms. The number of anilines is 1. The van der Waals surface area contributed by atoms with Crippen molar-refractivity contribution in [1.29, 1.82) is 0 Å². The number of carbonyl (C=O) groups is 2. The van der Waals surface area contributed by atoms with Gasteiger partial charge in [-0.25, -0.2) is 0 Å². The van der Waals surface area contributed by atoms with E-state index in [0.717, 1.165) is 37.9 Å². The minimum absolute atomic E-state index is 0.0650. The smallest absolute Gasteiger partial charge is 0.220 e. The van der Waals surface area contributed by atoms with Crippen molar-refractivity contribution in [1.82, 2.24) is 9.78 Å². The van der Waals surface area contributed by atoms with Gasteiger partial charge >= 0.3 is 0 Å². The van der Waals surface area contributed by atoms with E-state index >= 15 is 0 Å². The molecule has 180 valence electrons. The lowest BCUT2D eigenvalue weighted by Crippen LogP contribution is -2.45. The molecule has 1 aliphatic carbocycles. The molecule has 6 rings (SSSR count). The third kappa shape index (κ3) is 3.81. The van der Waals surface area contributed by atoms with Gasteiger partial charge in [0.25, 0.3) is 0 Å². The molecule has 9 nitrogen and oxygen atoms in total. The lowest BCUT2D eigenvalue weighted by atomic mass is 9.90. The Balaban J connectivity index is 1.10. The molecule has 2 saturated heterocycles. The van der Waals surface area contributed by atoms with Crippen LogP contribution in [0.25, 0.3) is 0 Å². The molecule has 1 aromatic heterocycles. The maximum Gasteiger partial charge on any atom is 0.220 e. The first kappa shape index (κ1) is 21.9. The Kier molecular flexibility index (Phi) is 5.38. The highest BCUT2D eigenvalue weighted by Crippen LogP contribution is 2.33. The van der Waals surface area contributed by atoms with E-state index in [-0.39, 0.29) is 28.7 Å². The molecule has 2 aliphatic heterocycles. The van der Waals surface area contributed by atoms with Crippen LogP contribution in [0.2, 0.25) is 0 Å². The van der Waals surface area contributed by atoms with Gasteiger partial charge < -0.3 is 19.6 Å². The zero-order chi connectivity index (χ0) is 24.0. The molecule has 3 heterocycles. The third-order valence-electron chi connectivity index (χ3n) is 7.20. The highest BCUT2D eigenvalue weighted by Gasteiger charge is 2.40. The Morgan fingerprint density at radius 2 is 1.60 bits per heavy atom. The highest BCUT2D eigenvalue weighted by molar-refractivity contribution is 6.26. The molecular formula is C26H26N4O5. The number of aryl methyl sites for hydroxylation is 1. The molecule has 0 bridgehead atoms. The molecule has 0 unspecified atom stereocenters. The van der Waals surface area contributed by atoms with E-state index in [2.05, 4.69) is 34.3 Å². The van der Waals surface area contributed by atoms with Crippen LogP contribution in [0, 0.1) is 5.21 Å². The van der Waals surface area contributed by atoms with Crippen LogP contribution in [0.5, 0.6) is 0 Å². The van der Waals surface area contributed by atoms with Gasteiger partial charge in [-0.05, 0) is 30.5 Å². The fourth-order valence-corrected chi connectivity index (χ4v) is 5.30. The first-order valence-corrected chi connectivity index (χ1v) is 12.1. The van der Waals surface area contributed by atoms with Crippen LogP contribution in [0.4, 0.5) is 5.69 Å². The van der Waals surface area contributed by atoms with E-state index in [4.69, 9.17) is 9.47 Å². The summed E-state index contributed by atoms with van der Waals surface area (Å²) in [6.45, 7) is 3.44. The average Bonchev–Trinajstić information content (AvgIpc) is 3.48. The van der Waals surface area contributed by atoms with E-state index < -0.39 is 0 Å². The van der Waals surface area contributed by atoms with Gasteiger partial charge in [-0.3, -0.25) is 9.59 Å². The Morgan fingerprint density at radius 1 is 0.943 bits per heavy atom. The molecule has 0 amide bonds. The molecule has 0 N–H and O–H groups in total. The number of ketones is 2. The fourth-order valence-electron chi connectivity index (χ4n) is 5.30. The van der Waals surface area contributed by atoms with Crippen LogP contribution < -0.4 is 9.86 Å². The van der Waals surface area contributed by atoms with Crippen LogP contribution in [0.15, 0.2) is 48.5 Å². The van der Waals surface area contributed by atoms with Gasteiger partial charge in [-0.2, -0.15) is 0 Å². The summed E-state index contributed by atoms with van der Waals surface area (Å²) in [4.78, 5) is 28.5. The first-order chi connectivity index (χ1) is 17.0. The molecule has 2 aromatic carbocycles. The van der Waals surface area contributed by atoms with Crippen LogP contribution >= 0.6 is 0 Å². The number of hydrogen-bond acceptors (Lipinski definition) is 7. The molecule has 0 radical (unpaired) electrons. The number of carbonyl (C=O) groups excluding carboxylic acids is 2. The maximum absolute atomic E-state index is 13.0. The number of aromatic nitrogens is 3. The first-order valence-electron chi connectivity index (χ1n) is 12.1. The van der Waals surface area contributed by atoms with Crippen LogP contribution in [-0.4, -0.2) is 53.4 Å². The number of ether oxygens (including phenoxy) is 2. The molecule has 35 heavy (non-hydrogen) atoms. The standard InChI is InChI=1S/C26H26N4O5/c31-24-20-5-1-2-6-21(20)25(32)23-22(24)27-30(33)29(23)13-3-4-18-7-9-19(10-8-18)28-14-11-26(12-15-28)34-16-17-35-26/h1-2,5-10H,3-4,11-17H2. The minimum atomic E-state index is -0.385. The summed E-state index contributed by atoms with van der Waals surface area (Å²) in [6.07, 6.45) is 3.10. The fraction of sp³-hybridized carbons (Fsp3) is 0.385. The van der Waals surface area contributed by atoms with E-state index in [1.807, 2.05) is 0 Å².